The molecule has 0 fully saturated rings. The molecule has 0 N–H and O–H groups in total. The van der Waals surface area contributed by atoms with Gasteiger partial charge in [-0.3, -0.25) is 9.59 Å². The average Bonchev–Trinajstić information content (AvgIpc) is 2.95. The van der Waals surface area contributed by atoms with Crippen molar-refractivity contribution in [2.45, 2.75) is 149 Å². The molecule has 1 aliphatic carbocycles. The van der Waals surface area contributed by atoms with E-state index in [1.807, 2.05) is 0 Å². The van der Waals surface area contributed by atoms with Gasteiger partial charge < -0.3 is 9.47 Å². The van der Waals surface area contributed by atoms with Crippen LogP contribution < -0.4 is 0 Å². The molecule has 0 aromatic carbocycles. The minimum Gasteiger partial charge on any atom is -0.466 e. The molecule has 1 aliphatic rings. The van der Waals surface area contributed by atoms with Crippen LogP contribution >= 0.6 is 34.8 Å². The summed E-state index contributed by atoms with van der Waals surface area (Å²) in [5, 5.41) is -0.0154. The smallest absolute Gasteiger partial charge is 0.310 e. The third kappa shape index (κ3) is 16.6. The molecule has 0 spiro atoms. The Balaban J connectivity index is 3.04. The van der Waals surface area contributed by atoms with E-state index < -0.39 is 11.8 Å². The summed E-state index contributed by atoms with van der Waals surface area (Å²) in [6.07, 6.45) is 16.4. The number of carbonyl (C=O) groups excluding carboxylic acids is 2. The van der Waals surface area contributed by atoms with Crippen molar-refractivity contribution >= 4 is 46.7 Å². The van der Waals surface area contributed by atoms with Crippen molar-refractivity contribution in [2.75, 3.05) is 13.2 Å². The lowest BCUT2D eigenvalue weighted by Crippen LogP contribution is -2.41. The summed E-state index contributed by atoms with van der Waals surface area (Å²) in [4.78, 5) is 26.3. The predicted molar refractivity (Wildman–Crippen MR) is 193 cm³/mol. The van der Waals surface area contributed by atoms with E-state index >= 15 is 0 Å². The second-order valence-corrected chi connectivity index (χ2v) is 16.1. The van der Waals surface area contributed by atoms with E-state index in [9.17, 15) is 9.59 Å². The molecule has 0 aromatic heterocycles. The topological polar surface area (TPSA) is 52.6 Å². The van der Waals surface area contributed by atoms with E-state index in [1.54, 1.807) is 13.8 Å². The molecule has 0 bridgehead atoms. The number of alkyl halides is 3. The molecule has 0 aromatic rings. The summed E-state index contributed by atoms with van der Waals surface area (Å²) < 4.78 is 11.0. The van der Waals surface area contributed by atoms with Gasteiger partial charge in [0.25, 0.3) is 0 Å². The number of rotatable bonds is 21. The number of ether oxygens (including phenoxy) is 2. The highest BCUT2D eigenvalue weighted by molar-refractivity contribution is 6.24. The largest absolute Gasteiger partial charge is 0.466 e. The molecule has 0 amide bonds. The Hall–Kier alpha value is -0.970. The van der Waals surface area contributed by atoms with Crippen LogP contribution in [0.4, 0.5) is 0 Å². The number of allylic oxidation sites excluding steroid dienone is 6. The van der Waals surface area contributed by atoms with Crippen molar-refractivity contribution in [3.63, 3.8) is 0 Å². The number of esters is 2. The van der Waals surface area contributed by atoms with Crippen LogP contribution in [0.25, 0.3) is 0 Å². The molecule has 0 aliphatic heterocycles. The summed E-state index contributed by atoms with van der Waals surface area (Å²) in [6, 6.07) is 0. The first kappa shape index (κ1) is 42.1. The van der Waals surface area contributed by atoms with Crippen molar-refractivity contribution < 1.29 is 19.1 Å². The van der Waals surface area contributed by atoms with Crippen molar-refractivity contribution in [1.29, 1.82) is 0 Å². The normalized spacial score (nSPS) is 22.2. The van der Waals surface area contributed by atoms with E-state index in [1.165, 1.54) is 16.7 Å². The molecule has 1 rings (SSSR count). The van der Waals surface area contributed by atoms with Crippen LogP contribution in [0.2, 0.25) is 0 Å². The summed E-state index contributed by atoms with van der Waals surface area (Å²) >= 11 is 20.4. The summed E-state index contributed by atoms with van der Waals surface area (Å²) in [5.74, 6) is -1.35. The second kappa shape index (κ2) is 21.8. The molecule has 4 nitrogen and oxygen atoms in total. The summed E-state index contributed by atoms with van der Waals surface area (Å²) in [5.41, 5.74) is 3.91. The lowest BCUT2D eigenvalue weighted by Gasteiger charge is -2.36. The molecule has 0 saturated carbocycles. The Bertz CT molecular complexity index is 979. The molecule has 0 heterocycles. The van der Waals surface area contributed by atoms with Gasteiger partial charge in [0.05, 0.1) is 25.0 Å². The molecular weight excluding hydrogens is 627 g/mol. The van der Waals surface area contributed by atoms with Crippen LogP contribution in [0.15, 0.2) is 34.9 Å². The Kier molecular flexibility index (Phi) is 20.4. The molecular formula is C38H63Cl3O4. The van der Waals surface area contributed by atoms with Gasteiger partial charge in [0.1, 0.15) is 0 Å². The first-order valence-corrected chi connectivity index (χ1v) is 18.7. The zero-order valence-electron chi connectivity index (χ0n) is 29.7. The maximum Gasteiger partial charge on any atom is 0.310 e. The lowest BCUT2D eigenvalue weighted by atomic mass is 9.70. The fourth-order valence-electron chi connectivity index (χ4n) is 6.20. The molecule has 45 heavy (non-hydrogen) atoms. The van der Waals surface area contributed by atoms with Gasteiger partial charge in [-0.1, -0.05) is 62.1 Å². The minimum absolute atomic E-state index is 0.140. The van der Waals surface area contributed by atoms with Crippen molar-refractivity contribution in [3.8, 4) is 0 Å². The van der Waals surface area contributed by atoms with Crippen molar-refractivity contribution in [2.24, 2.45) is 29.6 Å². The van der Waals surface area contributed by atoms with Crippen LogP contribution in [0.5, 0.6) is 0 Å². The maximum absolute atomic E-state index is 13.3. The van der Waals surface area contributed by atoms with Crippen LogP contribution in [-0.2, 0) is 19.1 Å². The minimum atomic E-state index is -0.599. The van der Waals surface area contributed by atoms with Gasteiger partial charge in [0, 0.05) is 15.6 Å². The summed E-state index contributed by atoms with van der Waals surface area (Å²) in [7, 11) is 0. The fraction of sp³-hybridized carbons (Fsp3) is 0.789. The number of hydrogen-bond donors (Lipinski definition) is 0. The van der Waals surface area contributed by atoms with Gasteiger partial charge in [-0.25, -0.2) is 0 Å². The van der Waals surface area contributed by atoms with Gasteiger partial charge in [0.2, 0.25) is 0 Å². The molecule has 260 valence electrons. The Labute approximate surface area is 291 Å². The third-order valence-corrected chi connectivity index (χ3v) is 10.9. The highest BCUT2D eigenvalue weighted by Gasteiger charge is 2.44. The van der Waals surface area contributed by atoms with E-state index in [-0.39, 0.29) is 52.6 Å². The zero-order valence-corrected chi connectivity index (χ0v) is 32.0. The average molecular weight is 690 g/mol. The Morgan fingerprint density at radius 3 is 2.20 bits per heavy atom. The number of halogens is 3. The predicted octanol–water partition coefficient (Wildman–Crippen LogP) is 11.6. The van der Waals surface area contributed by atoms with E-state index in [2.05, 4.69) is 66.7 Å². The third-order valence-electron chi connectivity index (χ3n) is 9.16. The Morgan fingerprint density at radius 2 is 1.60 bits per heavy atom. The monoisotopic (exact) mass is 688 g/mol. The van der Waals surface area contributed by atoms with E-state index in [0.29, 0.717) is 18.8 Å². The molecule has 7 atom stereocenters. The maximum atomic E-state index is 13.3. The van der Waals surface area contributed by atoms with Gasteiger partial charge in [-0.2, -0.15) is 0 Å². The van der Waals surface area contributed by atoms with Gasteiger partial charge in [0.15, 0.2) is 0 Å². The van der Waals surface area contributed by atoms with Crippen LogP contribution in [0, 0.1) is 29.6 Å². The quantitative estimate of drug-likeness (QED) is 0.0684. The molecule has 7 unspecified atom stereocenters. The Morgan fingerprint density at radius 1 is 0.956 bits per heavy atom. The SMILES string of the molecule is CCOC(=O)C1CC(CC/C=C(\C)CCC=C(C)C)=CC(CC(Cl)C(C)CCCC(C)(Cl)CCC(Cl)C(C)C)C1C(=O)OCC. The van der Waals surface area contributed by atoms with Crippen molar-refractivity contribution in [3.05, 3.63) is 34.9 Å². The number of carbonyl (C=O) groups is 2. The second-order valence-electron chi connectivity index (χ2n) is 14.1. The standard InChI is InChI=1S/C38H63Cl3O4/c1-10-44-36(42)32-24-30(19-13-17-28(7)16-12-15-26(3)4)23-31(35(32)37(43)45-11-2)25-34(40)29(8)18-14-21-38(9,41)22-20-33(39)27(5)6/h15,17,23,27,29,31-35H,10-14,16,18-22,24-25H2,1-9H3/b28-17+. The highest BCUT2D eigenvalue weighted by atomic mass is 35.5. The van der Waals surface area contributed by atoms with Crippen LogP contribution in [0.3, 0.4) is 0 Å². The highest BCUT2D eigenvalue weighted by Crippen LogP contribution is 2.42. The van der Waals surface area contributed by atoms with Crippen LogP contribution in [0.1, 0.15) is 133 Å². The lowest BCUT2D eigenvalue weighted by molar-refractivity contribution is -0.162. The molecule has 0 saturated heterocycles. The van der Waals surface area contributed by atoms with E-state index in [0.717, 1.165) is 57.8 Å². The summed E-state index contributed by atoms with van der Waals surface area (Å²) in [6.45, 7) is 19.2. The van der Waals surface area contributed by atoms with Gasteiger partial charge in [-0.05, 0) is 124 Å². The fourth-order valence-corrected chi connectivity index (χ4v) is 6.88. The molecule has 0 radical (unpaired) electrons. The van der Waals surface area contributed by atoms with Gasteiger partial charge in [-0.15, -0.1) is 34.8 Å². The first-order chi connectivity index (χ1) is 21.1. The number of hydrogen-bond acceptors (Lipinski definition) is 4. The van der Waals surface area contributed by atoms with Crippen molar-refractivity contribution in [1.82, 2.24) is 0 Å². The van der Waals surface area contributed by atoms with Gasteiger partial charge >= 0.3 is 11.9 Å². The van der Waals surface area contributed by atoms with E-state index in [4.69, 9.17) is 44.3 Å². The first-order valence-electron chi connectivity index (χ1n) is 17.4. The molecule has 7 heteroatoms. The zero-order chi connectivity index (χ0) is 34.2. The van der Waals surface area contributed by atoms with Crippen LogP contribution in [-0.4, -0.2) is 40.8 Å².